The lowest BCUT2D eigenvalue weighted by molar-refractivity contribution is 0.815. The lowest BCUT2D eigenvalue weighted by Crippen LogP contribution is -2.36. The second kappa shape index (κ2) is 9.90. The summed E-state index contributed by atoms with van der Waals surface area (Å²) in [6.45, 7) is 4.17. The summed E-state index contributed by atoms with van der Waals surface area (Å²) in [6.07, 6.45) is 4.08. The lowest BCUT2D eigenvalue weighted by Gasteiger charge is -2.11. The van der Waals surface area contributed by atoms with E-state index in [9.17, 15) is 0 Å². The third-order valence-corrected chi connectivity index (χ3v) is 3.20. The summed E-state index contributed by atoms with van der Waals surface area (Å²) in [5.41, 5.74) is 2.97. The van der Waals surface area contributed by atoms with Gasteiger partial charge in [-0.15, -0.1) is 24.0 Å². The van der Waals surface area contributed by atoms with E-state index in [1.807, 2.05) is 49.0 Å². The summed E-state index contributed by atoms with van der Waals surface area (Å²) >= 11 is 0. The van der Waals surface area contributed by atoms with Crippen molar-refractivity contribution in [2.75, 3.05) is 6.54 Å². The fourth-order valence-electron chi connectivity index (χ4n) is 2.05. The molecular formula is C17H22IN5. The van der Waals surface area contributed by atoms with Crippen molar-refractivity contribution in [3.8, 4) is 6.07 Å². The van der Waals surface area contributed by atoms with Crippen LogP contribution in [0.3, 0.4) is 0 Å². The number of nitriles is 1. The smallest absolute Gasteiger partial charge is 0.191 e. The first-order chi connectivity index (χ1) is 10.7. The van der Waals surface area contributed by atoms with Crippen molar-refractivity contribution in [2.24, 2.45) is 12.0 Å². The van der Waals surface area contributed by atoms with Crippen LogP contribution in [0, 0.1) is 11.3 Å². The van der Waals surface area contributed by atoms with Gasteiger partial charge in [0.05, 0.1) is 18.2 Å². The number of hydrogen-bond donors (Lipinski definition) is 2. The number of nitrogens with zero attached hydrogens (tertiary/aromatic N) is 3. The van der Waals surface area contributed by atoms with E-state index in [4.69, 9.17) is 5.26 Å². The maximum atomic E-state index is 8.80. The Morgan fingerprint density at radius 1 is 1.17 bits per heavy atom. The van der Waals surface area contributed by atoms with E-state index in [1.54, 1.807) is 0 Å². The number of aliphatic imine (C=N–C) groups is 1. The molecule has 2 rings (SSSR count). The summed E-state index contributed by atoms with van der Waals surface area (Å²) in [4.78, 5) is 4.57. The number of hydrogen-bond acceptors (Lipinski definition) is 2. The standard InChI is InChI=1S/C17H21N5.HI/c1-3-19-17(21-12-16-8-9-22(2)13-16)20-11-15-6-4-14(10-18)5-7-15;/h4-9,13H,3,11-12H2,1-2H3,(H2,19,20,21);1H. The molecule has 0 amide bonds. The maximum Gasteiger partial charge on any atom is 0.191 e. The summed E-state index contributed by atoms with van der Waals surface area (Å²) in [7, 11) is 2.00. The Hall–Kier alpha value is -2.01. The van der Waals surface area contributed by atoms with Crippen molar-refractivity contribution in [3.05, 3.63) is 59.4 Å². The molecule has 0 fully saturated rings. The first-order valence-corrected chi connectivity index (χ1v) is 7.33. The van der Waals surface area contributed by atoms with Crippen LogP contribution in [0.4, 0.5) is 0 Å². The summed E-state index contributed by atoms with van der Waals surface area (Å²) in [5, 5.41) is 15.3. The molecule has 2 N–H and O–H groups in total. The first-order valence-electron chi connectivity index (χ1n) is 7.33. The van der Waals surface area contributed by atoms with E-state index in [-0.39, 0.29) is 24.0 Å². The first kappa shape index (κ1) is 19.0. The second-order valence-electron chi connectivity index (χ2n) is 5.04. The van der Waals surface area contributed by atoms with Gasteiger partial charge in [0.1, 0.15) is 0 Å². The van der Waals surface area contributed by atoms with Gasteiger partial charge < -0.3 is 15.2 Å². The summed E-state index contributed by atoms with van der Waals surface area (Å²) in [5.74, 6) is 0.788. The zero-order chi connectivity index (χ0) is 15.8. The molecule has 0 bridgehead atoms. The van der Waals surface area contributed by atoms with Gasteiger partial charge in [0.15, 0.2) is 5.96 Å². The molecule has 0 aliphatic rings. The van der Waals surface area contributed by atoms with E-state index in [1.165, 1.54) is 5.56 Å². The topological polar surface area (TPSA) is 65.1 Å². The van der Waals surface area contributed by atoms with Crippen LogP contribution in [0.1, 0.15) is 23.6 Å². The zero-order valence-electron chi connectivity index (χ0n) is 13.4. The van der Waals surface area contributed by atoms with Gasteiger partial charge in [-0.3, -0.25) is 0 Å². The number of guanidine groups is 1. The van der Waals surface area contributed by atoms with Gasteiger partial charge in [-0.05, 0) is 36.2 Å². The molecular weight excluding hydrogens is 401 g/mol. The van der Waals surface area contributed by atoms with Crippen molar-refractivity contribution >= 4 is 29.9 Å². The number of aryl methyl sites for hydroxylation is 1. The Balaban J connectivity index is 0.00000264. The third kappa shape index (κ3) is 6.32. The summed E-state index contributed by atoms with van der Waals surface area (Å²) < 4.78 is 2.02. The van der Waals surface area contributed by atoms with E-state index in [0.29, 0.717) is 18.7 Å². The van der Waals surface area contributed by atoms with Gasteiger partial charge in [-0.2, -0.15) is 5.26 Å². The SMILES string of the molecule is CCNC(=NCc1ccn(C)c1)NCc1ccc(C#N)cc1.I. The fraction of sp³-hybridized carbons (Fsp3) is 0.294. The predicted octanol–water partition coefficient (Wildman–Crippen LogP) is 2.77. The van der Waals surface area contributed by atoms with Gasteiger partial charge in [0.25, 0.3) is 0 Å². The van der Waals surface area contributed by atoms with E-state index in [2.05, 4.69) is 34.0 Å². The highest BCUT2D eigenvalue weighted by atomic mass is 127. The molecule has 1 aromatic heterocycles. The Morgan fingerprint density at radius 3 is 2.48 bits per heavy atom. The molecule has 0 aliphatic carbocycles. The average Bonchev–Trinajstić information content (AvgIpc) is 2.96. The monoisotopic (exact) mass is 423 g/mol. The minimum atomic E-state index is 0. The minimum Gasteiger partial charge on any atom is -0.357 e. The van der Waals surface area contributed by atoms with E-state index >= 15 is 0 Å². The van der Waals surface area contributed by atoms with Crippen molar-refractivity contribution in [2.45, 2.75) is 20.0 Å². The molecule has 0 atom stereocenters. The molecule has 122 valence electrons. The van der Waals surface area contributed by atoms with Crippen LogP contribution in [0.25, 0.3) is 0 Å². The maximum absolute atomic E-state index is 8.80. The van der Waals surface area contributed by atoms with Crippen molar-refractivity contribution in [1.82, 2.24) is 15.2 Å². The molecule has 6 heteroatoms. The van der Waals surface area contributed by atoms with Crippen LogP contribution in [-0.4, -0.2) is 17.1 Å². The molecule has 0 saturated heterocycles. The van der Waals surface area contributed by atoms with Gasteiger partial charge in [-0.25, -0.2) is 4.99 Å². The molecule has 5 nitrogen and oxygen atoms in total. The molecule has 0 radical (unpaired) electrons. The molecule has 0 spiro atoms. The van der Waals surface area contributed by atoms with Crippen LogP contribution in [-0.2, 0) is 20.1 Å². The number of benzene rings is 1. The third-order valence-electron chi connectivity index (χ3n) is 3.20. The quantitative estimate of drug-likeness (QED) is 0.442. The van der Waals surface area contributed by atoms with Gasteiger partial charge >= 0.3 is 0 Å². The lowest BCUT2D eigenvalue weighted by atomic mass is 10.1. The fourth-order valence-corrected chi connectivity index (χ4v) is 2.05. The molecule has 0 unspecified atom stereocenters. The molecule has 1 aromatic carbocycles. The zero-order valence-corrected chi connectivity index (χ0v) is 15.7. The molecule has 0 saturated carbocycles. The molecule has 23 heavy (non-hydrogen) atoms. The van der Waals surface area contributed by atoms with Crippen molar-refractivity contribution < 1.29 is 0 Å². The largest absolute Gasteiger partial charge is 0.357 e. The normalized spacial score (nSPS) is 10.6. The average molecular weight is 423 g/mol. The Morgan fingerprint density at radius 2 is 1.91 bits per heavy atom. The minimum absolute atomic E-state index is 0. The molecule has 2 aromatic rings. The predicted molar refractivity (Wildman–Crippen MR) is 104 cm³/mol. The Labute approximate surface area is 154 Å². The van der Waals surface area contributed by atoms with Gasteiger partial charge in [0.2, 0.25) is 0 Å². The highest BCUT2D eigenvalue weighted by molar-refractivity contribution is 14.0. The van der Waals surface area contributed by atoms with Crippen LogP contribution in [0.15, 0.2) is 47.7 Å². The number of nitrogens with one attached hydrogen (secondary N) is 2. The number of halogens is 1. The van der Waals surface area contributed by atoms with Gasteiger partial charge in [0, 0.05) is 32.5 Å². The Bertz CT molecular complexity index is 667. The number of rotatable bonds is 5. The van der Waals surface area contributed by atoms with Crippen molar-refractivity contribution in [3.63, 3.8) is 0 Å². The van der Waals surface area contributed by atoms with E-state index in [0.717, 1.165) is 18.1 Å². The van der Waals surface area contributed by atoms with E-state index < -0.39 is 0 Å². The Kier molecular flexibility index (Phi) is 8.19. The second-order valence-corrected chi connectivity index (χ2v) is 5.04. The van der Waals surface area contributed by atoms with Gasteiger partial charge in [-0.1, -0.05) is 12.1 Å². The van der Waals surface area contributed by atoms with Crippen molar-refractivity contribution in [1.29, 1.82) is 5.26 Å². The molecule has 1 heterocycles. The summed E-state index contributed by atoms with van der Waals surface area (Å²) in [6, 6.07) is 11.7. The highest BCUT2D eigenvalue weighted by Crippen LogP contribution is 2.03. The van der Waals surface area contributed by atoms with Crippen LogP contribution in [0.2, 0.25) is 0 Å². The highest BCUT2D eigenvalue weighted by Gasteiger charge is 2.00. The van der Waals surface area contributed by atoms with Crippen LogP contribution in [0.5, 0.6) is 0 Å². The van der Waals surface area contributed by atoms with Crippen LogP contribution < -0.4 is 10.6 Å². The molecule has 0 aliphatic heterocycles. The van der Waals surface area contributed by atoms with Crippen LogP contribution >= 0.6 is 24.0 Å². The number of aromatic nitrogens is 1.